The Hall–Kier alpha value is -0.860. The second-order valence-electron chi connectivity index (χ2n) is 7.06. The molecule has 0 saturated carbocycles. The zero-order chi connectivity index (χ0) is 16.8. The highest BCUT2D eigenvalue weighted by atomic mass is 127. The number of aryl methyl sites for hydroxylation is 1. The summed E-state index contributed by atoms with van der Waals surface area (Å²) in [5.41, 5.74) is 0.363. The molecule has 1 unspecified atom stereocenters. The summed E-state index contributed by atoms with van der Waals surface area (Å²) in [6, 6.07) is 0.387. The van der Waals surface area contributed by atoms with Crippen molar-refractivity contribution in [2.45, 2.75) is 67.0 Å². The highest BCUT2D eigenvalue weighted by molar-refractivity contribution is 14.0. The average molecular weight is 436 g/mol. The highest BCUT2D eigenvalue weighted by Crippen LogP contribution is 2.21. The molecular formula is C16H33IN6. The fraction of sp³-hybridized carbons (Fsp3) is 0.812. The van der Waals surface area contributed by atoms with Crippen molar-refractivity contribution in [3.63, 3.8) is 0 Å². The molecule has 134 valence electrons. The van der Waals surface area contributed by atoms with Gasteiger partial charge in [0.25, 0.3) is 0 Å². The monoisotopic (exact) mass is 436 g/mol. The largest absolute Gasteiger partial charge is 0.357 e. The van der Waals surface area contributed by atoms with E-state index in [1.54, 1.807) is 0 Å². The minimum atomic E-state index is 0. The van der Waals surface area contributed by atoms with Crippen LogP contribution in [0, 0.1) is 12.3 Å². The van der Waals surface area contributed by atoms with Crippen LogP contribution in [-0.4, -0.2) is 33.3 Å². The van der Waals surface area contributed by atoms with Crippen LogP contribution in [0.15, 0.2) is 4.99 Å². The molecule has 7 heteroatoms. The third-order valence-electron chi connectivity index (χ3n) is 3.62. The van der Waals surface area contributed by atoms with Crippen molar-refractivity contribution in [3.05, 3.63) is 11.6 Å². The van der Waals surface area contributed by atoms with Gasteiger partial charge in [0.15, 0.2) is 11.8 Å². The molecule has 1 aromatic rings. The van der Waals surface area contributed by atoms with E-state index in [0.29, 0.717) is 18.0 Å². The second kappa shape index (κ2) is 10.1. The molecule has 0 spiro atoms. The molecule has 0 bridgehead atoms. The smallest absolute Gasteiger partial charge is 0.191 e. The second-order valence-corrected chi connectivity index (χ2v) is 7.06. The summed E-state index contributed by atoms with van der Waals surface area (Å²) < 4.78 is 1.97. The number of guanidine groups is 1. The molecule has 1 heterocycles. The number of aliphatic imine (C=N–C) groups is 1. The zero-order valence-electron chi connectivity index (χ0n) is 15.6. The lowest BCUT2D eigenvalue weighted by Crippen LogP contribution is -2.42. The van der Waals surface area contributed by atoms with Gasteiger partial charge in [-0.25, -0.2) is 4.99 Å². The topological polar surface area (TPSA) is 67.1 Å². The maximum atomic E-state index is 4.61. The Morgan fingerprint density at radius 1 is 1.30 bits per heavy atom. The molecule has 1 aromatic heterocycles. The number of nitrogens with one attached hydrogen (secondary N) is 2. The van der Waals surface area contributed by atoms with E-state index in [9.17, 15) is 0 Å². The summed E-state index contributed by atoms with van der Waals surface area (Å²) >= 11 is 0. The van der Waals surface area contributed by atoms with Gasteiger partial charge in [0.2, 0.25) is 0 Å². The number of halogens is 1. The van der Waals surface area contributed by atoms with Crippen molar-refractivity contribution in [3.8, 4) is 0 Å². The van der Waals surface area contributed by atoms with Crippen LogP contribution in [0.25, 0.3) is 0 Å². The van der Waals surface area contributed by atoms with E-state index in [1.165, 1.54) is 6.42 Å². The number of hydrogen-bond acceptors (Lipinski definition) is 3. The molecule has 0 aliphatic rings. The van der Waals surface area contributed by atoms with Gasteiger partial charge in [-0.05, 0) is 39.0 Å². The van der Waals surface area contributed by atoms with Gasteiger partial charge < -0.3 is 15.2 Å². The maximum Gasteiger partial charge on any atom is 0.191 e. The van der Waals surface area contributed by atoms with Crippen LogP contribution >= 0.6 is 24.0 Å². The van der Waals surface area contributed by atoms with E-state index in [0.717, 1.165) is 30.6 Å². The number of aromatic nitrogens is 3. The molecule has 0 aliphatic heterocycles. The molecule has 1 atom stereocenters. The summed E-state index contributed by atoms with van der Waals surface area (Å²) in [5.74, 6) is 2.61. The Labute approximate surface area is 158 Å². The number of rotatable bonds is 6. The molecule has 23 heavy (non-hydrogen) atoms. The fourth-order valence-electron chi connectivity index (χ4n) is 2.01. The lowest BCUT2D eigenvalue weighted by Gasteiger charge is -2.23. The van der Waals surface area contributed by atoms with Gasteiger partial charge in [0, 0.05) is 19.6 Å². The highest BCUT2D eigenvalue weighted by Gasteiger charge is 2.13. The van der Waals surface area contributed by atoms with E-state index in [-0.39, 0.29) is 24.0 Å². The summed E-state index contributed by atoms with van der Waals surface area (Å²) in [7, 11) is 1.96. The molecule has 2 N–H and O–H groups in total. The third kappa shape index (κ3) is 8.53. The Kier molecular flexibility index (Phi) is 9.72. The van der Waals surface area contributed by atoms with Crippen LogP contribution in [0.4, 0.5) is 0 Å². The van der Waals surface area contributed by atoms with Gasteiger partial charge in [0.1, 0.15) is 12.4 Å². The summed E-state index contributed by atoms with van der Waals surface area (Å²) in [6.07, 6.45) is 2.31. The van der Waals surface area contributed by atoms with Gasteiger partial charge >= 0.3 is 0 Å². The lowest BCUT2D eigenvalue weighted by atomic mass is 9.89. The van der Waals surface area contributed by atoms with Crippen LogP contribution < -0.4 is 10.6 Å². The van der Waals surface area contributed by atoms with Crippen LogP contribution in [0.5, 0.6) is 0 Å². The number of hydrogen-bond donors (Lipinski definition) is 2. The maximum absolute atomic E-state index is 4.61. The first kappa shape index (κ1) is 22.1. The standard InChI is InChI=1S/C16H32N6.HI/c1-8-17-15(19-12(2)9-10-16(4,5)6)18-11-14-21-20-13(3)22(14)7;/h12H,8-11H2,1-7H3,(H2,17,18,19);1H. The fourth-order valence-corrected chi connectivity index (χ4v) is 2.01. The van der Waals surface area contributed by atoms with Gasteiger partial charge in [0.05, 0.1) is 0 Å². The Morgan fingerprint density at radius 3 is 2.43 bits per heavy atom. The summed E-state index contributed by atoms with van der Waals surface area (Å²) in [5, 5.41) is 15.0. The minimum Gasteiger partial charge on any atom is -0.357 e. The van der Waals surface area contributed by atoms with Crippen LogP contribution in [0.2, 0.25) is 0 Å². The Balaban J connectivity index is 0.00000484. The molecule has 6 nitrogen and oxygen atoms in total. The van der Waals surface area contributed by atoms with Gasteiger partial charge in [-0.15, -0.1) is 34.2 Å². The molecule has 0 saturated heterocycles. The first-order valence-electron chi connectivity index (χ1n) is 8.12. The average Bonchev–Trinajstić information content (AvgIpc) is 2.73. The van der Waals surface area contributed by atoms with Crippen LogP contribution in [0.3, 0.4) is 0 Å². The molecule has 1 rings (SSSR count). The lowest BCUT2D eigenvalue weighted by molar-refractivity contribution is 0.346. The van der Waals surface area contributed by atoms with Gasteiger partial charge in [-0.1, -0.05) is 20.8 Å². The van der Waals surface area contributed by atoms with Crippen LogP contribution in [-0.2, 0) is 13.6 Å². The van der Waals surface area contributed by atoms with E-state index < -0.39 is 0 Å². The molecule has 0 fully saturated rings. The SMILES string of the molecule is CCNC(=NCc1nnc(C)n1C)NC(C)CCC(C)(C)C.I. The van der Waals surface area contributed by atoms with Gasteiger partial charge in [-0.3, -0.25) is 0 Å². The predicted octanol–water partition coefficient (Wildman–Crippen LogP) is 3.01. The molecule has 0 radical (unpaired) electrons. The summed E-state index contributed by atoms with van der Waals surface area (Å²) in [6.45, 7) is 14.4. The predicted molar refractivity (Wildman–Crippen MR) is 107 cm³/mol. The normalized spacial score (nSPS) is 13.4. The Bertz CT molecular complexity index is 489. The van der Waals surface area contributed by atoms with Crippen molar-refractivity contribution in [2.75, 3.05) is 6.54 Å². The van der Waals surface area contributed by atoms with E-state index >= 15 is 0 Å². The first-order valence-corrected chi connectivity index (χ1v) is 8.12. The van der Waals surface area contributed by atoms with Crippen molar-refractivity contribution in [2.24, 2.45) is 17.5 Å². The van der Waals surface area contributed by atoms with E-state index in [1.807, 2.05) is 18.5 Å². The zero-order valence-corrected chi connectivity index (χ0v) is 17.9. The van der Waals surface area contributed by atoms with Crippen LogP contribution in [0.1, 0.15) is 59.1 Å². The van der Waals surface area contributed by atoms with Crippen molar-refractivity contribution >= 4 is 29.9 Å². The first-order chi connectivity index (χ1) is 10.2. The third-order valence-corrected chi connectivity index (χ3v) is 3.62. The molecule has 0 aliphatic carbocycles. The Morgan fingerprint density at radius 2 is 1.96 bits per heavy atom. The van der Waals surface area contributed by atoms with E-state index in [2.05, 4.69) is 60.4 Å². The molecule has 0 aromatic carbocycles. The van der Waals surface area contributed by atoms with E-state index in [4.69, 9.17) is 0 Å². The minimum absolute atomic E-state index is 0. The molecule has 0 amide bonds. The van der Waals surface area contributed by atoms with Crippen molar-refractivity contribution in [1.82, 2.24) is 25.4 Å². The quantitative estimate of drug-likeness (QED) is 0.409. The number of nitrogens with zero attached hydrogens (tertiary/aromatic N) is 4. The summed E-state index contributed by atoms with van der Waals surface area (Å²) in [4.78, 5) is 4.61. The van der Waals surface area contributed by atoms with Gasteiger partial charge in [-0.2, -0.15) is 0 Å². The van der Waals surface area contributed by atoms with Crippen molar-refractivity contribution in [1.29, 1.82) is 0 Å². The molecular weight excluding hydrogens is 403 g/mol. The van der Waals surface area contributed by atoms with Crippen molar-refractivity contribution < 1.29 is 0 Å².